The Kier molecular flexibility index (Phi) is 19.8. The molecule has 0 bridgehead atoms. The number of rotatable bonds is 17. The second-order valence-corrected chi connectivity index (χ2v) is 42.2. The predicted octanol–water partition coefficient (Wildman–Crippen LogP) is 29.6. The van der Waals surface area contributed by atoms with E-state index in [9.17, 15) is 5.48 Å². The van der Waals surface area contributed by atoms with E-state index < -0.39 is 0 Å². The van der Waals surface area contributed by atoms with Crippen molar-refractivity contribution in [3.8, 4) is 50.2 Å². The lowest BCUT2D eigenvalue weighted by molar-refractivity contribution is 0.566. The van der Waals surface area contributed by atoms with Gasteiger partial charge in [0.15, 0.2) is 0 Å². The Bertz CT molecular complexity index is 7060. The monoisotopic (exact) mass is 1640 g/mol. The minimum atomic E-state index is -0.247. The van der Waals surface area contributed by atoms with Crippen molar-refractivity contribution in [3.05, 3.63) is 394 Å². The summed E-state index contributed by atoms with van der Waals surface area (Å²) in [6, 6.07) is 112. The smallest absolute Gasteiger partial charge is 0.252 e. The molecule has 15 aromatic carbocycles. The summed E-state index contributed by atoms with van der Waals surface area (Å²) in [4.78, 5) is 5.48. The van der Waals surface area contributed by atoms with Gasteiger partial charge in [0.05, 0.1) is 16.5 Å². The van der Waals surface area contributed by atoms with E-state index in [-0.39, 0.29) is 63.4 Å². The lowest BCUT2D eigenvalue weighted by Gasteiger charge is -2.45. The topological polar surface area (TPSA) is 16.3 Å². The van der Waals surface area contributed by atoms with Gasteiger partial charge in [-0.05, 0) is 252 Å². The van der Waals surface area contributed by atoms with Gasteiger partial charge in [0.1, 0.15) is 0 Å². The van der Waals surface area contributed by atoms with Crippen molar-refractivity contribution in [1.29, 1.82) is 0 Å². The molecule has 0 spiro atoms. The Hall–Kier alpha value is -12.4. The number of para-hydroxylation sites is 3. The molecule has 5 heteroatoms. The average molecular weight is 1650 g/mol. The Labute approximate surface area is 755 Å². The number of fused-ring (bicyclic) bond motifs is 10. The van der Waals surface area contributed by atoms with E-state index in [1.807, 2.05) is 0 Å². The van der Waals surface area contributed by atoms with Crippen molar-refractivity contribution in [3.63, 3.8) is 0 Å². The van der Waals surface area contributed by atoms with Crippen LogP contribution in [0.25, 0.3) is 93.8 Å². The van der Waals surface area contributed by atoms with E-state index in [2.05, 4.69) is 441 Å². The van der Waals surface area contributed by atoms with Gasteiger partial charge in [0.2, 0.25) is 0 Å². The molecular weight excluding hydrogens is 1520 g/mol. The van der Waals surface area contributed by atoms with E-state index in [1.165, 1.54) is 128 Å². The Morgan fingerprint density at radius 1 is 0.278 bits per heavy atom. The minimum Gasteiger partial charge on any atom is -0.342 e. The first kappa shape index (κ1) is 78.3. The zero-order valence-electron chi connectivity index (χ0n) is 81.1. The maximum Gasteiger partial charge on any atom is 0.252 e. The molecule has 0 unspecified atom stereocenters. The molecule has 0 amide bonds. The van der Waals surface area contributed by atoms with Gasteiger partial charge in [-0.2, -0.15) is 0 Å². The zero-order valence-corrected chi connectivity index (χ0v) is 77.1. The summed E-state index contributed by atoms with van der Waals surface area (Å²) in [5, 5.41) is 3.59. The summed E-state index contributed by atoms with van der Waals surface area (Å²) < 4.78 is 43.5. The summed E-state index contributed by atoms with van der Waals surface area (Å²) in [6.45, 7) is 43.5. The molecule has 4 heterocycles. The van der Waals surface area contributed by atoms with Crippen LogP contribution in [-0.4, -0.2) is 22.4 Å². The highest BCUT2D eigenvalue weighted by Crippen LogP contribution is 2.48. The molecule has 0 aliphatic carbocycles. The van der Waals surface area contributed by atoms with Gasteiger partial charge in [-0.15, -0.1) is 0 Å². The average Bonchev–Trinajstić information content (AvgIpc) is 0.887. The molecule has 628 valence electrons. The molecule has 0 radical (unpaired) electrons. The van der Waals surface area contributed by atoms with Crippen molar-refractivity contribution in [2.75, 3.05) is 16.3 Å². The molecule has 2 aliphatic heterocycles. The van der Waals surface area contributed by atoms with E-state index in [0.717, 1.165) is 79.3 Å². The molecule has 19 rings (SSSR count). The van der Waals surface area contributed by atoms with Crippen LogP contribution in [0.2, 0.25) is 0 Å². The fourth-order valence-corrected chi connectivity index (χ4v) is 20.0. The summed E-state index contributed by atoms with van der Waals surface area (Å²) in [7, 11) is 0. The first-order chi connectivity index (χ1) is 61.9. The first-order valence-corrected chi connectivity index (χ1v) is 45.7. The highest BCUT2D eigenvalue weighted by molar-refractivity contribution is 7.00. The second kappa shape index (κ2) is 31.9. The summed E-state index contributed by atoms with van der Waals surface area (Å²) in [6.07, 6.45) is 2.68. The van der Waals surface area contributed by atoms with Gasteiger partial charge in [-0.25, -0.2) is 0 Å². The maximum absolute atomic E-state index is 10.1. The van der Waals surface area contributed by atoms with Crippen molar-refractivity contribution >= 4 is 89.5 Å². The second-order valence-electron chi connectivity index (χ2n) is 42.2. The fraction of sp³-hybridized carbons (Fsp3) is 0.256. The molecule has 0 saturated carbocycles. The number of benzene rings is 15. The minimum absolute atomic E-state index is 0.0435. The summed E-state index contributed by atoms with van der Waals surface area (Å²) in [5.74, 6) is 0. The van der Waals surface area contributed by atoms with Crippen LogP contribution in [0.5, 0.6) is 0 Å². The molecule has 4 nitrogen and oxygen atoms in total. The van der Waals surface area contributed by atoms with E-state index in [1.54, 1.807) is 0 Å². The maximum atomic E-state index is 10.1. The van der Waals surface area contributed by atoms with Gasteiger partial charge in [0, 0.05) is 80.6 Å². The number of aromatic nitrogens is 2. The van der Waals surface area contributed by atoms with Gasteiger partial charge >= 0.3 is 0 Å². The highest BCUT2D eigenvalue weighted by Gasteiger charge is 2.44. The lowest BCUT2D eigenvalue weighted by atomic mass is 9.33. The Balaban J connectivity index is 0.896. The van der Waals surface area contributed by atoms with Crippen molar-refractivity contribution < 1.29 is 5.48 Å². The van der Waals surface area contributed by atoms with Gasteiger partial charge in [-0.3, -0.25) is 0 Å². The van der Waals surface area contributed by atoms with Crippen molar-refractivity contribution in [2.24, 2.45) is 0 Å². The quantitative estimate of drug-likeness (QED) is 0.0845. The van der Waals surface area contributed by atoms with Crippen molar-refractivity contribution in [2.45, 2.75) is 196 Å². The molecule has 126 heavy (non-hydrogen) atoms. The van der Waals surface area contributed by atoms with Gasteiger partial charge in [-0.1, -0.05) is 385 Å². The number of anilines is 4. The third kappa shape index (κ3) is 15.8. The fourth-order valence-electron chi connectivity index (χ4n) is 20.0. The molecule has 2 aliphatic rings. The molecule has 0 atom stereocenters. The van der Waals surface area contributed by atoms with E-state index in [0.29, 0.717) is 43.4 Å². The van der Waals surface area contributed by atoms with Crippen LogP contribution in [0.4, 0.5) is 22.7 Å². The highest BCUT2D eigenvalue weighted by atomic mass is 15.2. The largest absolute Gasteiger partial charge is 0.342 e. The van der Waals surface area contributed by atoms with Crippen LogP contribution in [0.1, 0.15) is 202 Å². The van der Waals surface area contributed by atoms with E-state index in [4.69, 9.17) is 0 Å². The third-order valence-electron chi connectivity index (χ3n) is 27.1. The van der Waals surface area contributed by atoms with Crippen LogP contribution in [0.15, 0.2) is 321 Å². The molecule has 0 N–H and O–H groups in total. The first-order valence-electron chi connectivity index (χ1n) is 47.7. The Morgan fingerprint density at radius 2 is 0.659 bits per heavy atom. The number of hydrogen-bond acceptors (Lipinski definition) is 2. The number of aryl methyl sites for hydroxylation is 2. The number of hydrogen-bond donors (Lipinski definition) is 0. The standard InChI is InChI=1S/C121H121BN4/c1-116(2,3)88-63-82(64-89(71-88)117(4,5)6)61-79-51-54-105-111(67-79)124(60-58-95-99(84-37-23-19-24-38-84)73-92(120(13,14)15)74-100(95)85-39-25-20-26-40-85)113-69-81(57-59-123-107-48-34-31-47-98(107)103-77-94(53-56-108(103)123)126-109-49-35-32-45-96(109)97-46-33-36-50-110(97)126)70-114-115(113)122(105)106-55-52-80(62-83-65-90(118(7,8)9)72-91(66-83)119(10,11)12)68-112(106)125(114)78-104-101(86-41-27-21-28-42-86)75-93(121(16,17)18)76-102(104)87-43-29-22-30-44-87/h19-56,63-77H,57-62,78H2,1-18H3/i31D,34D,47D,48D. The molecular formula is C121H121BN4. The Morgan fingerprint density at radius 3 is 1.10 bits per heavy atom. The third-order valence-corrected chi connectivity index (χ3v) is 27.1. The van der Waals surface area contributed by atoms with Gasteiger partial charge in [0.25, 0.3) is 6.71 Å². The van der Waals surface area contributed by atoms with Crippen LogP contribution in [0, 0.1) is 0 Å². The number of nitrogens with zero attached hydrogens (tertiary/aromatic N) is 4. The molecule has 0 fully saturated rings. The van der Waals surface area contributed by atoms with Crippen LogP contribution < -0.4 is 26.2 Å². The van der Waals surface area contributed by atoms with E-state index >= 15 is 0 Å². The van der Waals surface area contributed by atoms with Gasteiger partial charge < -0.3 is 18.9 Å². The van der Waals surface area contributed by atoms with Crippen LogP contribution >= 0.6 is 0 Å². The predicted molar refractivity (Wildman–Crippen MR) is 543 cm³/mol. The SMILES string of the molecule is [2H]c1c([2H])c([2H])c2c(c1[2H])c1cc(-n3c4ccccc4c4ccccc43)ccc1n2CCc1cc2c3c(c1)N(Cc1c(-c4ccccc4)cc(C(C)(C)C)cc1-c1ccccc1)c1cc(Cc4cc(C(C)(C)C)cc(C(C)(C)C)c4)ccc1B3c1ccc(Cc3cc(C(C)(C)C)cc(C(C)(C)C)c3)cc1N2CCc1c(-c2ccccc2)cc(C(C)(C)C)cc1-c1ccccc1. The molecule has 0 saturated heterocycles. The van der Waals surface area contributed by atoms with Crippen LogP contribution in [0.3, 0.4) is 0 Å². The zero-order chi connectivity index (χ0) is 91.2. The summed E-state index contributed by atoms with van der Waals surface area (Å²) in [5.41, 5.74) is 38.4. The van der Waals surface area contributed by atoms with Crippen molar-refractivity contribution in [1.82, 2.24) is 9.13 Å². The lowest BCUT2D eigenvalue weighted by Crippen LogP contribution is -2.62. The summed E-state index contributed by atoms with van der Waals surface area (Å²) >= 11 is 0. The van der Waals surface area contributed by atoms with Crippen LogP contribution in [-0.2, 0) is 71.3 Å². The molecule has 17 aromatic rings. The molecule has 2 aromatic heterocycles. The normalized spacial score (nSPS) is 13.6.